The summed E-state index contributed by atoms with van der Waals surface area (Å²) in [5, 5.41) is 0.783. The minimum Gasteiger partial charge on any atom is -0.330 e. The summed E-state index contributed by atoms with van der Waals surface area (Å²) in [5.41, 5.74) is 6.40. The molecule has 0 aromatic heterocycles. The fraction of sp³-hybridized carbons (Fsp3) is 0.200. The van der Waals surface area contributed by atoms with Gasteiger partial charge >= 0.3 is 0 Å². The van der Waals surface area contributed by atoms with Crippen molar-refractivity contribution in [3.63, 3.8) is 0 Å². The maximum atomic E-state index is 5.92. The number of halogens is 1. The van der Waals surface area contributed by atoms with Crippen LogP contribution >= 0.6 is 11.6 Å². The molecule has 0 bridgehead atoms. The maximum Gasteiger partial charge on any atom is 0.0478 e. The Morgan fingerprint density at radius 2 is 2.08 bits per heavy atom. The first kappa shape index (κ1) is 9.30. The highest BCUT2D eigenvalue weighted by atomic mass is 35.5. The molecule has 2 heteroatoms. The van der Waals surface area contributed by atoms with Gasteiger partial charge in [0.2, 0.25) is 0 Å². The summed E-state index contributed by atoms with van der Waals surface area (Å²) >= 11 is 5.92. The van der Waals surface area contributed by atoms with E-state index in [0.717, 1.165) is 17.0 Å². The van der Waals surface area contributed by atoms with Crippen LogP contribution in [0.25, 0.3) is 6.08 Å². The fourth-order valence-corrected chi connectivity index (χ4v) is 1.12. The van der Waals surface area contributed by atoms with Gasteiger partial charge in [0.1, 0.15) is 0 Å². The van der Waals surface area contributed by atoms with E-state index in [9.17, 15) is 0 Å². The Bertz CT molecular complexity index is 268. The van der Waals surface area contributed by atoms with Gasteiger partial charge in [-0.05, 0) is 24.6 Å². The average molecular weight is 182 g/mol. The molecule has 2 N–H and O–H groups in total. The summed E-state index contributed by atoms with van der Waals surface area (Å²) in [6.07, 6.45) is 4.92. The van der Waals surface area contributed by atoms with Crippen molar-refractivity contribution in [2.75, 3.05) is 6.54 Å². The van der Waals surface area contributed by atoms with Crippen LogP contribution in [0.4, 0.5) is 0 Å². The van der Waals surface area contributed by atoms with Gasteiger partial charge in [0.25, 0.3) is 0 Å². The zero-order valence-electron chi connectivity index (χ0n) is 6.83. The summed E-state index contributed by atoms with van der Waals surface area (Å²) < 4.78 is 0. The van der Waals surface area contributed by atoms with Crippen LogP contribution in [0.2, 0.25) is 5.02 Å². The molecule has 1 nitrogen and oxygen atoms in total. The largest absolute Gasteiger partial charge is 0.330 e. The molecular weight excluding hydrogens is 170 g/mol. The highest BCUT2D eigenvalue weighted by molar-refractivity contribution is 6.32. The van der Waals surface area contributed by atoms with Gasteiger partial charge < -0.3 is 5.73 Å². The minimum absolute atomic E-state index is 0.682. The van der Waals surface area contributed by atoms with E-state index < -0.39 is 0 Å². The van der Waals surface area contributed by atoms with E-state index in [1.165, 1.54) is 0 Å². The van der Waals surface area contributed by atoms with Crippen LogP contribution in [0, 0.1) is 0 Å². The Morgan fingerprint density at radius 3 is 2.75 bits per heavy atom. The molecule has 0 amide bonds. The van der Waals surface area contributed by atoms with Crippen molar-refractivity contribution in [1.82, 2.24) is 0 Å². The van der Waals surface area contributed by atoms with Crippen LogP contribution in [0.1, 0.15) is 12.0 Å². The van der Waals surface area contributed by atoms with E-state index >= 15 is 0 Å². The first-order chi connectivity index (χ1) is 5.84. The van der Waals surface area contributed by atoms with Gasteiger partial charge in [-0.3, -0.25) is 0 Å². The predicted molar refractivity (Wildman–Crippen MR) is 54.2 cm³/mol. The molecule has 0 saturated carbocycles. The molecule has 0 aliphatic rings. The van der Waals surface area contributed by atoms with E-state index in [1.807, 2.05) is 36.4 Å². The van der Waals surface area contributed by atoms with Gasteiger partial charge in [0.05, 0.1) is 0 Å². The van der Waals surface area contributed by atoms with Crippen LogP contribution < -0.4 is 5.73 Å². The Morgan fingerprint density at radius 1 is 1.33 bits per heavy atom. The van der Waals surface area contributed by atoms with Gasteiger partial charge in [-0.1, -0.05) is 42.0 Å². The van der Waals surface area contributed by atoms with Gasteiger partial charge in [-0.2, -0.15) is 0 Å². The SMILES string of the molecule is NCC/C=C\c1ccccc1Cl. The highest BCUT2D eigenvalue weighted by Gasteiger charge is 1.91. The molecule has 1 rings (SSSR count). The molecule has 0 unspecified atom stereocenters. The molecule has 1 aromatic rings. The lowest BCUT2D eigenvalue weighted by molar-refractivity contribution is 1.01. The van der Waals surface area contributed by atoms with E-state index in [4.69, 9.17) is 17.3 Å². The number of nitrogens with two attached hydrogens (primary N) is 1. The van der Waals surface area contributed by atoms with Crippen LogP contribution in [-0.4, -0.2) is 6.54 Å². The van der Waals surface area contributed by atoms with Crippen molar-refractivity contribution in [2.45, 2.75) is 6.42 Å². The topological polar surface area (TPSA) is 26.0 Å². The molecular formula is C10H12ClN. The fourth-order valence-electron chi connectivity index (χ4n) is 0.917. The maximum absolute atomic E-state index is 5.92. The lowest BCUT2D eigenvalue weighted by Crippen LogP contribution is -1.94. The Hall–Kier alpha value is -0.790. The van der Waals surface area contributed by atoms with Crippen LogP contribution in [0.15, 0.2) is 30.3 Å². The molecule has 0 spiro atoms. The predicted octanol–water partition coefficient (Wildman–Crippen LogP) is 2.70. The van der Waals surface area contributed by atoms with Crippen molar-refractivity contribution in [2.24, 2.45) is 5.73 Å². The molecule has 0 atom stereocenters. The number of hydrogen-bond acceptors (Lipinski definition) is 1. The molecule has 0 radical (unpaired) electrons. The molecule has 0 aliphatic heterocycles. The Balaban J connectivity index is 2.68. The average Bonchev–Trinajstić information content (AvgIpc) is 2.09. The standard InChI is InChI=1S/C10H12ClN/c11-10-7-2-1-5-9(10)6-3-4-8-12/h1-3,5-7H,4,8,12H2/b6-3-. The normalized spacial score (nSPS) is 10.8. The second kappa shape index (κ2) is 4.96. The molecule has 1 aromatic carbocycles. The third kappa shape index (κ3) is 2.68. The van der Waals surface area contributed by atoms with E-state index in [1.54, 1.807) is 0 Å². The van der Waals surface area contributed by atoms with Gasteiger partial charge in [-0.25, -0.2) is 0 Å². The number of rotatable bonds is 3. The van der Waals surface area contributed by atoms with Crippen molar-refractivity contribution in [3.8, 4) is 0 Å². The molecule has 0 fully saturated rings. The van der Waals surface area contributed by atoms with E-state index in [-0.39, 0.29) is 0 Å². The van der Waals surface area contributed by atoms with Crippen molar-refractivity contribution in [1.29, 1.82) is 0 Å². The van der Waals surface area contributed by atoms with Crippen LogP contribution in [0.3, 0.4) is 0 Å². The first-order valence-corrected chi connectivity index (χ1v) is 4.33. The molecule has 64 valence electrons. The van der Waals surface area contributed by atoms with Gasteiger partial charge in [0, 0.05) is 5.02 Å². The number of hydrogen-bond donors (Lipinski definition) is 1. The monoisotopic (exact) mass is 181 g/mol. The molecule has 0 heterocycles. The highest BCUT2D eigenvalue weighted by Crippen LogP contribution is 2.16. The first-order valence-electron chi connectivity index (χ1n) is 3.95. The van der Waals surface area contributed by atoms with Crippen molar-refractivity contribution in [3.05, 3.63) is 40.9 Å². The zero-order valence-corrected chi connectivity index (χ0v) is 7.59. The smallest absolute Gasteiger partial charge is 0.0478 e. The molecule has 12 heavy (non-hydrogen) atoms. The third-order valence-corrected chi connectivity index (χ3v) is 1.88. The Kier molecular flexibility index (Phi) is 3.85. The second-order valence-electron chi connectivity index (χ2n) is 2.50. The van der Waals surface area contributed by atoms with Crippen LogP contribution in [0.5, 0.6) is 0 Å². The lowest BCUT2D eigenvalue weighted by Gasteiger charge is -1.95. The van der Waals surface area contributed by atoms with Crippen molar-refractivity contribution < 1.29 is 0 Å². The Labute approximate surface area is 77.8 Å². The van der Waals surface area contributed by atoms with E-state index in [0.29, 0.717) is 6.54 Å². The summed E-state index contributed by atoms with van der Waals surface area (Å²) in [5.74, 6) is 0. The van der Waals surface area contributed by atoms with Gasteiger partial charge in [0.15, 0.2) is 0 Å². The minimum atomic E-state index is 0.682. The summed E-state index contributed by atoms with van der Waals surface area (Å²) in [6.45, 7) is 0.682. The molecule has 0 aliphatic carbocycles. The summed E-state index contributed by atoms with van der Waals surface area (Å²) in [4.78, 5) is 0. The van der Waals surface area contributed by atoms with Gasteiger partial charge in [-0.15, -0.1) is 0 Å². The quantitative estimate of drug-likeness (QED) is 0.763. The van der Waals surface area contributed by atoms with Crippen LogP contribution in [-0.2, 0) is 0 Å². The second-order valence-corrected chi connectivity index (χ2v) is 2.91. The van der Waals surface area contributed by atoms with E-state index in [2.05, 4.69) is 0 Å². The van der Waals surface area contributed by atoms with Crippen molar-refractivity contribution >= 4 is 17.7 Å². The lowest BCUT2D eigenvalue weighted by atomic mass is 10.2. The molecule has 0 saturated heterocycles. The third-order valence-electron chi connectivity index (χ3n) is 1.54. The summed E-state index contributed by atoms with van der Waals surface area (Å²) in [7, 11) is 0. The number of benzene rings is 1. The summed E-state index contributed by atoms with van der Waals surface area (Å²) in [6, 6.07) is 7.75. The zero-order chi connectivity index (χ0) is 8.81.